The molecule has 0 radical (unpaired) electrons. The van der Waals surface area contributed by atoms with Gasteiger partial charge in [0.2, 0.25) is 0 Å². The summed E-state index contributed by atoms with van der Waals surface area (Å²) in [7, 11) is 0. The minimum atomic E-state index is 0.302. The number of nitrogens with one attached hydrogen (secondary N) is 1. The van der Waals surface area contributed by atoms with Gasteiger partial charge < -0.3 is 5.32 Å². The van der Waals surface area contributed by atoms with Crippen molar-refractivity contribution in [1.82, 2.24) is 5.32 Å². The Morgan fingerprint density at radius 2 is 1.95 bits per heavy atom. The van der Waals surface area contributed by atoms with E-state index in [1.165, 1.54) is 29.9 Å². The highest BCUT2D eigenvalue weighted by molar-refractivity contribution is 7.27. The van der Waals surface area contributed by atoms with Gasteiger partial charge in [0.1, 0.15) is 0 Å². The van der Waals surface area contributed by atoms with Crippen molar-refractivity contribution >= 4 is 53.5 Å². The van der Waals surface area contributed by atoms with Crippen LogP contribution in [0.2, 0.25) is 0 Å². The molecule has 3 heterocycles. The van der Waals surface area contributed by atoms with Crippen LogP contribution in [-0.2, 0) is 0 Å². The molecule has 21 heavy (non-hydrogen) atoms. The average molecular weight is 330 g/mol. The van der Waals surface area contributed by atoms with E-state index < -0.39 is 0 Å². The number of hydrogen-bond acceptors (Lipinski definition) is 4. The molecule has 0 fully saturated rings. The maximum absolute atomic E-state index is 3.67. The molecule has 0 aliphatic rings. The van der Waals surface area contributed by atoms with Gasteiger partial charge in [0.05, 0.1) is 6.04 Å². The van der Waals surface area contributed by atoms with Crippen LogP contribution in [0.25, 0.3) is 19.5 Å². The third-order valence-corrected chi connectivity index (χ3v) is 6.81. The molecule has 4 heteroatoms. The maximum Gasteiger partial charge on any atom is 0.0685 e. The van der Waals surface area contributed by atoms with Crippen LogP contribution in [0.1, 0.15) is 23.4 Å². The van der Waals surface area contributed by atoms with E-state index in [9.17, 15) is 0 Å². The van der Waals surface area contributed by atoms with Crippen molar-refractivity contribution in [3.05, 3.63) is 57.6 Å². The van der Waals surface area contributed by atoms with Gasteiger partial charge in [0.25, 0.3) is 0 Å². The molecular weight excluding hydrogens is 314 g/mol. The quantitative estimate of drug-likeness (QED) is 0.493. The van der Waals surface area contributed by atoms with Crippen LogP contribution in [0.5, 0.6) is 0 Å². The molecule has 0 saturated carbocycles. The first-order valence-corrected chi connectivity index (χ1v) is 9.61. The summed E-state index contributed by atoms with van der Waals surface area (Å²) in [5, 5.41) is 9.53. The van der Waals surface area contributed by atoms with E-state index in [4.69, 9.17) is 0 Å². The lowest BCUT2D eigenvalue weighted by Crippen LogP contribution is -2.20. The van der Waals surface area contributed by atoms with Crippen molar-refractivity contribution < 1.29 is 0 Å². The van der Waals surface area contributed by atoms with Crippen LogP contribution in [-0.4, -0.2) is 6.54 Å². The molecule has 0 saturated heterocycles. The summed E-state index contributed by atoms with van der Waals surface area (Å²) in [6.07, 6.45) is 0. The minimum Gasteiger partial charge on any atom is -0.306 e. The predicted octanol–water partition coefficient (Wildman–Crippen LogP) is 5.88. The summed E-state index contributed by atoms with van der Waals surface area (Å²) < 4.78 is 4.17. The summed E-state index contributed by atoms with van der Waals surface area (Å²) >= 11 is 5.58. The second-order valence-corrected chi connectivity index (χ2v) is 7.95. The number of fused-ring (bicyclic) bond motifs is 2. The molecule has 1 nitrogen and oxygen atoms in total. The Hall–Kier alpha value is -1.20. The topological polar surface area (TPSA) is 12.0 Å². The first-order valence-electron chi connectivity index (χ1n) is 7.03. The van der Waals surface area contributed by atoms with Gasteiger partial charge in [-0.1, -0.05) is 25.1 Å². The fourth-order valence-corrected chi connectivity index (χ4v) is 5.92. The van der Waals surface area contributed by atoms with Gasteiger partial charge in [0, 0.05) is 19.0 Å². The molecule has 1 unspecified atom stereocenters. The minimum absolute atomic E-state index is 0.302. The van der Waals surface area contributed by atoms with Crippen molar-refractivity contribution in [2.45, 2.75) is 13.0 Å². The Morgan fingerprint density at radius 1 is 1.05 bits per heavy atom. The SMILES string of the molecule is CCNC(c1cc2sccc2s1)c1csc2ccccc12. The summed E-state index contributed by atoms with van der Waals surface area (Å²) in [6, 6.07) is 13.6. The van der Waals surface area contributed by atoms with Crippen LogP contribution in [0, 0.1) is 0 Å². The molecule has 0 aliphatic carbocycles. The van der Waals surface area contributed by atoms with E-state index in [1.807, 2.05) is 34.0 Å². The standard InChI is InChI=1S/C17H15NS3/c1-2-18-17(16-9-15-14(21-16)7-8-19-15)12-10-20-13-6-4-3-5-11(12)13/h3-10,17-18H,2H2,1H3. The zero-order valence-electron chi connectivity index (χ0n) is 11.6. The van der Waals surface area contributed by atoms with Gasteiger partial charge in [-0.05, 0) is 46.5 Å². The summed E-state index contributed by atoms with van der Waals surface area (Å²) in [5.41, 5.74) is 1.41. The highest BCUT2D eigenvalue weighted by Crippen LogP contribution is 2.39. The normalized spacial score (nSPS) is 13.2. The lowest BCUT2D eigenvalue weighted by atomic mass is 10.0. The van der Waals surface area contributed by atoms with Gasteiger partial charge >= 0.3 is 0 Å². The Labute approximate surface area is 135 Å². The van der Waals surface area contributed by atoms with E-state index in [0.717, 1.165) is 6.54 Å². The predicted molar refractivity (Wildman–Crippen MR) is 97.0 cm³/mol. The van der Waals surface area contributed by atoms with E-state index >= 15 is 0 Å². The maximum atomic E-state index is 3.67. The van der Waals surface area contributed by atoms with Crippen molar-refractivity contribution in [2.24, 2.45) is 0 Å². The second-order valence-electron chi connectivity index (χ2n) is 4.98. The molecule has 1 aromatic carbocycles. The van der Waals surface area contributed by atoms with E-state index in [1.54, 1.807) is 0 Å². The Kier molecular flexibility index (Phi) is 3.55. The molecule has 0 amide bonds. The molecule has 4 rings (SSSR count). The molecule has 0 aliphatic heterocycles. The average Bonchev–Trinajstić information content (AvgIpc) is 3.18. The number of hydrogen-bond donors (Lipinski definition) is 1. The van der Waals surface area contributed by atoms with Crippen molar-refractivity contribution in [3.63, 3.8) is 0 Å². The lowest BCUT2D eigenvalue weighted by Gasteiger charge is -2.16. The molecule has 0 spiro atoms. The summed E-state index contributed by atoms with van der Waals surface area (Å²) in [6.45, 7) is 3.15. The zero-order valence-corrected chi connectivity index (χ0v) is 14.1. The van der Waals surface area contributed by atoms with Crippen molar-refractivity contribution in [2.75, 3.05) is 6.54 Å². The van der Waals surface area contributed by atoms with Crippen LogP contribution in [0.4, 0.5) is 0 Å². The monoisotopic (exact) mass is 329 g/mol. The fraction of sp³-hybridized carbons (Fsp3) is 0.176. The fourth-order valence-electron chi connectivity index (χ4n) is 2.72. The van der Waals surface area contributed by atoms with Crippen LogP contribution >= 0.6 is 34.0 Å². The number of thiophene rings is 3. The molecule has 0 bridgehead atoms. The lowest BCUT2D eigenvalue weighted by molar-refractivity contribution is 0.645. The van der Waals surface area contributed by atoms with Gasteiger partial charge in [-0.3, -0.25) is 0 Å². The molecule has 4 aromatic rings. The van der Waals surface area contributed by atoms with Crippen LogP contribution < -0.4 is 5.32 Å². The Morgan fingerprint density at radius 3 is 2.81 bits per heavy atom. The van der Waals surface area contributed by atoms with Gasteiger partial charge in [-0.25, -0.2) is 0 Å². The molecule has 3 aromatic heterocycles. The van der Waals surface area contributed by atoms with Gasteiger partial charge in [-0.2, -0.15) is 0 Å². The van der Waals surface area contributed by atoms with Gasteiger partial charge in [-0.15, -0.1) is 34.0 Å². The summed E-state index contributed by atoms with van der Waals surface area (Å²) in [4.78, 5) is 1.42. The second kappa shape index (κ2) is 5.54. The summed E-state index contributed by atoms with van der Waals surface area (Å²) in [5.74, 6) is 0. The van der Waals surface area contributed by atoms with Crippen molar-refractivity contribution in [1.29, 1.82) is 0 Å². The molecular formula is C17H15NS3. The zero-order chi connectivity index (χ0) is 14.2. The number of rotatable bonds is 4. The van der Waals surface area contributed by atoms with E-state index in [0.29, 0.717) is 6.04 Å². The number of benzene rings is 1. The van der Waals surface area contributed by atoms with E-state index in [-0.39, 0.29) is 0 Å². The van der Waals surface area contributed by atoms with Gasteiger partial charge in [0.15, 0.2) is 0 Å². The molecule has 106 valence electrons. The highest BCUT2D eigenvalue weighted by atomic mass is 32.1. The first kappa shape index (κ1) is 13.5. The third kappa shape index (κ3) is 2.32. The van der Waals surface area contributed by atoms with Crippen LogP contribution in [0.3, 0.4) is 0 Å². The Bertz CT molecular complexity index is 855. The van der Waals surface area contributed by atoms with E-state index in [2.05, 4.69) is 59.4 Å². The highest BCUT2D eigenvalue weighted by Gasteiger charge is 2.19. The largest absolute Gasteiger partial charge is 0.306 e. The Balaban J connectivity index is 1.85. The van der Waals surface area contributed by atoms with Crippen LogP contribution in [0.15, 0.2) is 47.2 Å². The third-order valence-electron chi connectivity index (χ3n) is 3.67. The molecule has 1 atom stereocenters. The smallest absolute Gasteiger partial charge is 0.0685 e. The van der Waals surface area contributed by atoms with Crippen molar-refractivity contribution in [3.8, 4) is 0 Å². The first-order chi connectivity index (χ1) is 10.4. The molecule has 1 N–H and O–H groups in total.